The maximum atomic E-state index is 13.9. The molecule has 0 fully saturated rings. The van der Waals surface area contributed by atoms with Gasteiger partial charge in [0.05, 0.1) is 17.0 Å². The molecule has 0 aliphatic carbocycles. The van der Waals surface area contributed by atoms with Crippen LogP contribution in [-0.2, 0) is 6.54 Å². The summed E-state index contributed by atoms with van der Waals surface area (Å²) in [6.07, 6.45) is -1.20. The zero-order valence-corrected chi connectivity index (χ0v) is 15.5. The topological polar surface area (TPSA) is 92.9 Å². The van der Waals surface area contributed by atoms with Crippen LogP contribution in [0.15, 0.2) is 36.4 Å². The summed E-state index contributed by atoms with van der Waals surface area (Å²) in [6.45, 7) is 6.64. The molecule has 27 heavy (non-hydrogen) atoms. The summed E-state index contributed by atoms with van der Waals surface area (Å²) in [5.41, 5.74) is -0.0528. The quantitative estimate of drug-likeness (QED) is 0.578. The van der Waals surface area contributed by atoms with E-state index in [9.17, 15) is 24.4 Å². The van der Waals surface area contributed by atoms with Gasteiger partial charge in [-0.05, 0) is 57.5 Å². The molecule has 0 aliphatic heterocycles. The number of aryl methyl sites for hydroxylation is 1. The first kappa shape index (κ1) is 20.2. The summed E-state index contributed by atoms with van der Waals surface area (Å²) in [4.78, 5) is 23.4. The van der Waals surface area contributed by atoms with Crippen LogP contribution in [0.2, 0.25) is 0 Å². The number of nitro groups is 1. The Morgan fingerprint density at radius 2 is 1.93 bits per heavy atom. The first-order valence-corrected chi connectivity index (χ1v) is 8.21. The van der Waals surface area contributed by atoms with Crippen molar-refractivity contribution < 1.29 is 24.0 Å². The maximum absolute atomic E-state index is 13.9. The van der Waals surface area contributed by atoms with Gasteiger partial charge in [0.15, 0.2) is 11.6 Å². The summed E-state index contributed by atoms with van der Waals surface area (Å²) in [6, 6.07) is 8.31. The average molecular weight is 376 g/mol. The highest BCUT2D eigenvalue weighted by Crippen LogP contribution is 2.31. The van der Waals surface area contributed by atoms with Gasteiger partial charge in [0.2, 0.25) is 0 Å². The largest absolute Gasteiger partial charge is 0.465 e. The number of benzene rings is 2. The zero-order valence-electron chi connectivity index (χ0n) is 15.5. The summed E-state index contributed by atoms with van der Waals surface area (Å²) in [7, 11) is 0. The van der Waals surface area contributed by atoms with E-state index in [1.807, 2.05) is 0 Å². The van der Waals surface area contributed by atoms with Crippen LogP contribution in [0.25, 0.3) is 0 Å². The second-order valence-electron chi connectivity index (χ2n) is 7.12. The standard InChI is InChI=1S/C19H21FN2O5/c1-12-5-7-15(20)17(9-12)27-14-6-8-16(22(25)26)13(10-14)11-21(18(23)24)19(2,3)4/h5-10H,11H2,1-4H3,(H,23,24). The molecule has 1 N–H and O–H groups in total. The van der Waals surface area contributed by atoms with Crippen LogP contribution in [0.1, 0.15) is 31.9 Å². The molecule has 0 heterocycles. The van der Waals surface area contributed by atoms with E-state index in [0.29, 0.717) is 0 Å². The molecule has 2 aromatic carbocycles. The third-order valence-corrected chi connectivity index (χ3v) is 3.93. The van der Waals surface area contributed by atoms with E-state index in [1.54, 1.807) is 33.8 Å². The lowest BCUT2D eigenvalue weighted by Crippen LogP contribution is -2.44. The lowest BCUT2D eigenvalue weighted by molar-refractivity contribution is -0.385. The lowest BCUT2D eigenvalue weighted by atomic mass is 10.0. The summed E-state index contributed by atoms with van der Waals surface area (Å²) in [5, 5.41) is 20.8. The van der Waals surface area contributed by atoms with E-state index >= 15 is 0 Å². The average Bonchev–Trinajstić information content (AvgIpc) is 2.54. The third-order valence-electron chi connectivity index (χ3n) is 3.93. The van der Waals surface area contributed by atoms with Crippen molar-refractivity contribution in [1.82, 2.24) is 4.90 Å². The van der Waals surface area contributed by atoms with Gasteiger partial charge < -0.3 is 9.84 Å². The molecule has 0 spiro atoms. The van der Waals surface area contributed by atoms with E-state index in [4.69, 9.17) is 4.74 Å². The van der Waals surface area contributed by atoms with Gasteiger partial charge in [0.25, 0.3) is 5.69 Å². The minimum absolute atomic E-state index is 0.0132. The van der Waals surface area contributed by atoms with Crippen molar-refractivity contribution in [3.63, 3.8) is 0 Å². The van der Waals surface area contributed by atoms with Crippen molar-refractivity contribution in [2.45, 2.75) is 39.8 Å². The number of hydrogen-bond acceptors (Lipinski definition) is 4. The number of amides is 1. The Bertz CT molecular complexity index is 877. The van der Waals surface area contributed by atoms with Crippen LogP contribution in [0.4, 0.5) is 14.9 Å². The highest BCUT2D eigenvalue weighted by molar-refractivity contribution is 5.66. The smallest absolute Gasteiger partial charge is 0.408 e. The van der Waals surface area contributed by atoms with Gasteiger partial charge in [0.1, 0.15) is 5.75 Å². The van der Waals surface area contributed by atoms with E-state index < -0.39 is 22.4 Å². The first-order chi connectivity index (χ1) is 12.5. The van der Waals surface area contributed by atoms with Crippen LogP contribution >= 0.6 is 0 Å². The molecule has 0 saturated carbocycles. The Morgan fingerprint density at radius 1 is 1.26 bits per heavy atom. The Morgan fingerprint density at radius 3 is 2.48 bits per heavy atom. The lowest BCUT2D eigenvalue weighted by Gasteiger charge is -2.33. The van der Waals surface area contributed by atoms with E-state index in [0.717, 1.165) is 10.5 Å². The molecule has 8 heteroatoms. The fourth-order valence-corrected chi connectivity index (χ4v) is 2.51. The normalized spacial score (nSPS) is 11.1. The fourth-order valence-electron chi connectivity index (χ4n) is 2.51. The molecule has 1 amide bonds. The predicted molar refractivity (Wildman–Crippen MR) is 97.6 cm³/mol. The number of halogens is 1. The molecular formula is C19H21FN2O5. The third kappa shape index (κ3) is 4.93. The van der Waals surface area contributed by atoms with Gasteiger partial charge in [-0.2, -0.15) is 0 Å². The van der Waals surface area contributed by atoms with Gasteiger partial charge in [-0.15, -0.1) is 0 Å². The van der Waals surface area contributed by atoms with Gasteiger partial charge in [-0.25, -0.2) is 9.18 Å². The molecule has 2 rings (SSSR count). The van der Waals surface area contributed by atoms with Crippen molar-refractivity contribution in [2.75, 3.05) is 0 Å². The molecule has 0 aromatic heterocycles. The van der Waals surface area contributed by atoms with Crippen LogP contribution in [0, 0.1) is 22.9 Å². The number of ether oxygens (including phenoxy) is 1. The van der Waals surface area contributed by atoms with Crippen molar-refractivity contribution in [2.24, 2.45) is 0 Å². The Hall–Kier alpha value is -3.16. The molecule has 0 saturated heterocycles. The monoisotopic (exact) mass is 376 g/mol. The van der Waals surface area contributed by atoms with Gasteiger partial charge in [-0.1, -0.05) is 6.07 Å². The maximum Gasteiger partial charge on any atom is 0.408 e. The highest BCUT2D eigenvalue weighted by atomic mass is 19.1. The predicted octanol–water partition coefficient (Wildman–Crippen LogP) is 5.11. The summed E-state index contributed by atoms with van der Waals surface area (Å²) < 4.78 is 19.4. The van der Waals surface area contributed by atoms with Crippen LogP contribution < -0.4 is 4.74 Å². The molecule has 0 aliphatic rings. The number of carboxylic acid groups (broad SMARTS) is 1. The second-order valence-corrected chi connectivity index (χ2v) is 7.12. The summed E-state index contributed by atoms with van der Waals surface area (Å²) >= 11 is 0. The van der Waals surface area contributed by atoms with Crippen molar-refractivity contribution in [3.05, 3.63) is 63.5 Å². The highest BCUT2D eigenvalue weighted by Gasteiger charge is 2.29. The molecule has 144 valence electrons. The molecule has 0 unspecified atom stereocenters. The molecule has 0 atom stereocenters. The van der Waals surface area contributed by atoms with E-state index in [-0.39, 0.29) is 29.3 Å². The number of hydrogen-bond donors (Lipinski definition) is 1. The zero-order chi connectivity index (χ0) is 20.4. The number of nitrogens with zero attached hydrogens (tertiary/aromatic N) is 2. The van der Waals surface area contributed by atoms with Gasteiger partial charge in [-0.3, -0.25) is 15.0 Å². The van der Waals surface area contributed by atoms with Gasteiger partial charge >= 0.3 is 6.09 Å². The number of rotatable bonds is 5. The SMILES string of the molecule is Cc1ccc(F)c(Oc2ccc([N+](=O)[O-])c(CN(C(=O)O)C(C)(C)C)c2)c1. The van der Waals surface area contributed by atoms with Crippen LogP contribution in [0.5, 0.6) is 11.5 Å². The number of nitro benzene ring substituents is 1. The molecule has 0 bridgehead atoms. The van der Waals surface area contributed by atoms with E-state index in [1.165, 1.54) is 30.3 Å². The minimum Gasteiger partial charge on any atom is -0.465 e. The summed E-state index contributed by atoms with van der Waals surface area (Å²) in [5.74, 6) is -0.401. The van der Waals surface area contributed by atoms with Crippen molar-refractivity contribution in [1.29, 1.82) is 0 Å². The second kappa shape index (κ2) is 7.61. The first-order valence-electron chi connectivity index (χ1n) is 8.21. The number of carbonyl (C=O) groups is 1. The molecular weight excluding hydrogens is 355 g/mol. The Labute approximate surface area is 156 Å². The van der Waals surface area contributed by atoms with Crippen molar-refractivity contribution in [3.8, 4) is 11.5 Å². The Balaban J connectivity index is 2.43. The molecule has 2 aromatic rings. The molecule has 0 radical (unpaired) electrons. The molecule has 7 nitrogen and oxygen atoms in total. The van der Waals surface area contributed by atoms with Crippen LogP contribution in [0.3, 0.4) is 0 Å². The van der Waals surface area contributed by atoms with Crippen molar-refractivity contribution >= 4 is 11.8 Å². The van der Waals surface area contributed by atoms with Crippen LogP contribution in [-0.4, -0.2) is 26.6 Å². The minimum atomic E-state index is -1.20. The van der Waals surface area contributed by atoms with E-state index in [2.05, 4.69) is 0 Å². The fraction of sp³-hybridized carbons (Fsp3) is 0.316. The van der Waals surface area contributed by atoms with Gasteiger partial charge in [0, 0.05) is 11.6 Å². The Kier molecular flexibility index (Phi) is 5.68.